The zero-order valence-electron chi connectivity index (χ0n) is 7.88. The van der Waals surface area contributed by atoms with Crippen molar-refractivity contribution >= 4 is 12.1 Å². The number of hydrazine groups is 1. The highest BCUT2D eigenvalue weighted by Crippen LogP contribution is 2.05. The number of hydrogen-bond acceptors (Lipinski definition) is 4. The van der Waals surface area contributed by atoms with Gasteiger partial charge in [-0.2, -0.15) is 0 Å². The van der Waals surface area contributed by atoms with E-state index >= 15 is 0 Å². The first-order chi connectivity index (χ1) is 5.81. The molecule has 0 aliphatic rings. The second-order valence-electron chi connectivity index (χ2n) is 3.37. The Morgan fingerprint density at radius 2 is 1.92 bits per heavy atom. The molecule has 13 heavy (non-hydrogen) atoms. The van der Waals surface area contributed by atoms with Gasteiger partial charge in [-0.05, 0) is 20.8 Å². The number of ether oxygens (including phenoxy) is 1. The van der Waals surface area contributed by atoms with E-state index < -0.39 is 17.7 Å². The lowest BCUT2D eigenvalue weighted by Gasteiger charge is -2.19. The van der Waals surface area contributed by atoms with Crippen LogP contribution in [0.1, 0.15) is 20.8 Å². The highest BCUT2D eigenvalue weighted by molar-refractivity contribution is 5.71. The molecule has 0 saturated carbocycles. The van der Waals surface area contributed by atoms with Crippen molar-refractivity contribution in [3.8, 4) is 0 Å². The Morgan fingerprint density at radius 3 is 2.31 bits per heavy atom. The predicted octanol–water partition coefficient (Wildman–Crippen LogP) is 0.100. The SMILES string of the molecule is CC(C)(C)OC(=O)NNCC(=O)O. The third-order valence-corrected chi connectivity index (χ3v) is 0.829. The summed E-state index contributed by atoms with van der Waals surface area (Å²) in [6, 6.07) is 0. The van der Waals surface area contributed by atoms with Crippen LogP contribution in [-0.4, -0.2) is 29.3 Å². The first-order valence-corrected chi connectivity index (χ1v) is 3.75. The summed E-state index contributed by atoms with van der Waals surface area (Å²) in [6.07, 6.45) is -0.700. The lowest BCUT2D eigenvalue weighted by atomic mass is 10.2. The van der Waals surface area contributed by atoms with E-state index in [1.807, 2.05) is 0 Å². The van der Waals surface area contributed by atoms with Crippen molar-refractivity contribution in [1.29, 1.82) is 0 Å². The van der Waals surface area contributed by atoms with Crippen LogP contribution >= 0.6 is 0 Å². The Hall–Kier alpha value is -1.30. The van der Waals surface area contributed by atoms with Gasteiger partial charge < -0.3 is 9.84 Å². The second kappa shape index (κ2) is 4.66. The third-order valence-electron chi connectivity index (χ3n) is 0.829. The molecule has 0 aliphatic carbocycles. The monoisotopic (exact) mass is 190 g/mol. The molecule has 0 rings (SSSR count). The van der Waals surface area contributed by atoms with E-state index in [2.05, 4.69) is 10.9 Å². The Labute approximate surface area is 76.2 Å². The second-order valence-corrected chi connectivity index (χ2v) is 3.37. The number of amides is 1. The molecule has 0 atom stereocenters. The van der Waals surface area contributed by atoms with Gasteiger partial charge in [0, 0.05) is 0 Å². The molecule has 0 aliphatic heterocycles. The maximum atomic E-state index is 10.9. The summed E-state index contributed by atoms with van der Waals surface area (Å²) in [4.78, 5) is 20.9. The molecule has 3 N–H and O–H groups in total. The summed E-state index contributed by atoms with van der Waals surface area (Å²) < 4.78 is 4.81. The molecule has 0 radical (unpaired) electrons. The number of carbonyl (C=O) groups excluding carboxylic acids is 1. The van der Waals surface area contributed by atoms with E-state index in [-0.39, 0.29) is 6.54 Å². The zero-order valence-corrected chi connectivity index (χ0v) is 7.88. The van der Waals surface area contributed by atoms with Gasteiger partial charge in [-0.25, -0.2) is 10.2 Å². The standard InChI is InChI=1S/C7H14N2O4/c1-7(2,3)13-6(12)9-8-4-5(10)11/h8H,4H2,1-3H3,(H,9,12)(H,10,11). The zero-order chi connectivity index (χ0) is 10.5. The van der Waals surface area contributed by atoms with E-state index in [1.54, 1.807) is 20.8 Å². The van der Waals surface area contributed by atoms with Crippen LogP contribution in [0.5, 0.6) is 0 Å². The molecule has 0 aromatic carbocycles. The molecule has 0 aromatic heterocycles. The quantitative estimate of drug-likeness (QED) is 0.549. The van der Waals surface area contributed by atoms with Gasteiger partial charge >= 0.3 is 12.1 Å². The van der Waals surface area contributed by atoms with Gasteiger partial charge in [0.2, 0.25) is 0 Å². The molecular formula is C7H14N2O4. The van der Waals surface area contributed by atoms with Crippen LogP contribution in [0.15, 0.2) is 0 Å². The average molecular weight is 190 g/mol. The van der Waals surface area contributed by atoms with Gasteiger partial charge in [-0.3, -0.25) is 10.2 Å². The number of rotatable bonds is 3. The van der Waals surface area contributed by atoms with Crippen molar-refractivity contribution in [2.75, 3.05) is 6.54 Å². The van der Waals surface area contributed by atoms with Crippen molar-refractivity contribution in [2.45, 2.75) is 26.4 Å². The first kappa shape index (κ1) is 11.7. The van der Waals surface area contributed by atoms with Gasteiger partial charge in [0.15, 0.2) is 0 Å². The molecule has 6 nitrogen and oxygen atoms in total. The summed E-state index contributed by atoms with van der Waals surface area (Å²) in [7, 11) is 0. The van der Waals surface area contributed by atoms with Crippen molar-refractivity contribution in [3.05, 3.63) is 0 Å². The molecule has 0 spiro atoms. The Morgan fingerprint density at radius 1 is 1.38 bits per heavy atom. The van der Waals surface area contributed by atoms with Crippen molar-refractivity contribution in [2.24, 2.45) is 0 Å². The van der Waals surface area contributed by atoms with Crippen molar-refractivity contribution < 1.29 is 19.4 Å². The number of carboxylic acids is 1. The topological polar surface area (TPSA) is 87.7 Å². The molecule has 0 aromatic rings. The fourth-order valence-electron chi connectivity index (χ4n) is 0.496. The van der Waals surface area contributed by atoms with E-state index in [9.17, 15) is 9.59 Å². The van der Waals surface area contributed by atoms with Crippen LogP contribution in [0.2, 0.25) is 0 Å². The van der Waals surface area contributed by atoms with Crippen LogP contribution in [-0.2, 0) is 9.53 Å². The first-order valence-electron chi connectivity index (χ1n) is 3.75. The molecule has 0 unspecified atom stereocenters. The van der Waals surface area contributed by atoms with Gasteiger partial charge in [0.05, 0.1) is 0 Å². The molecule has 0 fully saturated rings. The fourth-order valence-corrected chi connectivity index (χ4v) is 0.496. The molecule has 6 heteroatoms. The number of aliphatic carboxylic acids is 1. The smallest absolute Gasteiger partial charge is 0.422 e. The molecule has 0 saturated heterocycles. The molecule has 76 valence electrons. The average Bonchev–Trinajstić information content (AvgIpc) is 1.81. The minimum Gasteiger partial charge on any atom is -0.480 e. The predicted molar refractivity (Wildman–Crippen MR) is 45.0 cm³/mol. The minimum absolute atomic E-state index is 0.348. The summed E-state index contributed by atoms with van der Waals surface area (Å²) in [5.74, 6) is -1.06. The van der Waals surface area contributed by atoms with Crippen LogP contribution < -0.4 is 10.9 Å². The van der Waals surface area contributed by atoms with Crippen LogP contribution in [0.3, 0.4) is 0 Å². The number of carbonyl (C=O) groups is 2. The summed E-state index contributed by atoms with van der Waals surface area (Å²) in [5.41, 5.74) is 3.67. The number of hydrogen-bond donors (Lipinski definition) is 3. The number of carboxylic acid groups (broad SMARTS) is 1. The summed E-state index contributed by atoms with van der Waals surface area (Å²) in [5, 5.41) is 8.20. The van der Waals surface area contributed by atoms with Crippen LogP contribution in [0.25, 0.3) is 0 Å². The van der Waals surface area contributed by atoms with Crippen molar-refractivity contribution in [1.82, 2.24) is 10.9 Å². The van der Waals surface area contributed by atoms with E-state index in [0.717, 1.165) is 0 Å². The maximum absolute atomic E-state index is 10.9. The lowest BCUT2D eigenvalue weighted by Crippen LogP contribution is -2.43. The van der Waals surface area contributed by atoms with E-state index in [1.165, 1.54) is 0 Å². The molecular weight excluding hydrogens is 176 g/mol. The van der Waals surface area contributed by atoms with Gasteiger partial charge in [-0.15, -0.1) is 0 Å². The lowest BCUT2D eigenvalue weighted by molar-refractivity contribution is -0.136. The highest BCUT2D eigenvalue weighted by Gasteiger charge is 2.15. The maximum Gasteiger partial charge on any atom is 0.422 e. The molecule has 1 amide bonds. The summed E-state index contributed by atoms with van der Waals surface area (Å²) in [6.45, 7) is 4.79. The summed E-state index contributed by atoms with van der Waals surface area (Å²) >= 11 is 0. The van der Waals surface area contributed by atoms with E-state index in [4.69, 9.17) is 9.84 Å². The fraction of sp³-hybridized carbons (Fsp3) is 0.714. The third kappa shape index (κ3) is 8.61. The Bertz CT molecular complexity index is 197. The highest BCUT2D eigenvalue weighted by atomic mass is 16.6. The van der Waals surface area contributed by atoms with E-state index in [0.29, 0.717) is 0 Å². The molecule has 0 bridgehead atoms. The largest absolute Gasteiger partial charge is 0.480 e. The van der Waals surface area contributed by atoms with Gasteiger partial charge in [0.1, 0.15) is 12.1 Å². The Balaban J connectivity index is 3.59. The van der Waals surface area contributed by atoms with Gasteiger partial charge in [-0.1, -0.05) is 0 Å². The van der Waals surface area contributed by atoms with Crippen molar-refractivity contribution in [3.63, 3.8) is 0 Å². The molecule has 0 heterocycles. The minimum atomic E-state index is -1.06. The Kier molecular flexibility index (Phi) is 4.19. The number of nitrogens with one attached hydrogen (secondary N) is 2. The normalized spacial score (nSPS) is 10.7. The van der Waals surface area contributed by atoms with Crippen LogP contribution in [0.4, 0.5) is 4.79 Å². The van der Waals surface area contributed by atoms with Gasteiger partial charge in [0.25, 0.3) is 0 Å². The van der Waals surface area contributed by atoms with Crippen LogP contribution in [0, 0.1) is 0 Å².